The average Bonchev–Trinajstić information content (AvgIpc) is 3.14. The van der Waals surface area contributed by atoms with E-state index < -0.39 is 33.2 Å². The summed E-state index contributed by atoms with van der Waals surface area (Å²) in [6.07, 6.45) is 3.31. The molecule has 1 rings (SSSR count). The van der Waals surface area contributed by atoms with Crippen molar-refractivity contribution in [1.82, 2.24) is 15.5 Å². The molecule has 0 saturated carbocycles. The quantitative estimate of drug-likeness (QED) is 0.196. The predicted molar refractivity (Wildman–Crippen MR) is 129 cm³/mol. The first kappa shape index (κ1) is 28.6. The van der Waals surface area contributed by atoms with Gasteiger partial charge in [-0.3, -0.25) is 14.4 Å². The Morgan fingerprint density at radius 3 is 2.34 bits per heavy atom. The van der Waals surface area contributed by atoms with Gasteiger partial charge in [0, 0.05) is 21.0 Å². The summed E-state index contributed by atoms with van der Waals surface area (Å²) < 4.78 is 0. The third kappa shape index (κ3) is 10.0. The van der Waals surface area contributed by atoms with Gasteiger partial charge in [0.05, 0.1) is 5.94 Å². The highest BCUT2D eigenvalue weighted by Crippen LogP contribution is 2.22. The Morgan fingerprint density at radius 2 is 1.81 bits per heavy atom. The van der Waals surface area contributed by atoms with Gasteiger partial charge in [-0.15, -0.1) is 0 Å². The van der Waals surface area contributed by atoms with Crippen LogP contribution in [0.25, 0.3) is 0 Å². The third-order valence-electron chi connectivity index (χ3n) is 5.54. The number of nitrogens with two attached hydrogens (primary N) is 1. The first-order valence-electron chi connectivity index (χ1n) is 11.8. The fraction of sp³-hybridized carbons (Fsp3) is 0.857. The largest absolute Gasteiger partial charge is 0.475 e. The lowest BCUT2D eigenvalue weighted by Crippen LogP contribution is -2.57. The lowest BCUT2D eigenvalue weighted by Gasteiger charge is -2.32. The van der Waals surface area contributed by atoms with Gasteiger partial charge in [-0.05, 0) is 44.2 Å². The number of rotatable bonds is 13. The summed E-state index contributed by atoms with van der Waals surface area (Å²) in [4.78, 5) is 40.4. The number of hydrogen-bond donors (Lipinski definition) is 5. The number of carbonyl (C=O) groups excluding carboxylic acids is 3. The van der Waals surface area contributed by atoms with Crippen LogP contribution in [0.4, 0.5) is 0 Å². The van der Waals surface area contributed by atoms with E-state index >= 15 is 0 Å². The second-order valence-corrected chi connectivity index (χ2v) is 16.0. The van der Waals surface area contributed by atoms with Crippen LogP contribution in [-0.4, -0.2) is 79.0 Å². The topological polar surface area (TPSA) is 145 Å². The van der Waals surface area contributed by atoms with Crippen molar-refractivity contribution in [3.63, 3.8) is 0 Å². The highest BCUT2D eigenvalue weighted by Gasteiger charge is 2.40. The Hall–Kier alpha value is -1.43. The molecular weight excluding hydrogens is 427 g/mol. The summed E-state index contributed by atoms with van der Waals surface area (Å²) in [6.45, 7) is 11.3. The predicted octanol–water partition coefficient (Wildman–Crippen LogP) is 0.472. The van der Waals surface area contributed by atoms with E-state index in [1.165, 1.54) is 0 Å². The molecule has 1 fully saturated rings. The SMILES string of the molecule is CC(C)CC(=O)N[C@H](C[Si](C)(C)C)C(=O)N1CCC[C@H]1C(=O)N[C@@H](CCCCN)B(O)O. The van der Waals surface area contributed by atoms with Crippen molar-refractivity contribution >= 4 is 32.9 Å². The van der Waals surface area contributed by atoms with Gasteiger partial charge in [-0.25, -0.2) is 0 Å². The fourth-order valence-corrected chi connectivity index (χ4v) is 5.52. The Morgan fingerprint density at radius 1 is 1.16 bits per heavy atom. The number of hydrogen-bond acceptors (Lipinski definition) is 6. The maximum Gasteiger partial charge on any atom is 0.475 e. The van der Waals surface area contributed by atoms with Crippen LogP contribution in [0.15, 0.2) is 0 Å². The molecular formula is C21H43BN4O5Si. The molecule has 1 aliphatic heterocycles. The lowest BCUT2D eigenvalue weighted by molar-refractivity contribution is -0.141. The number of unbranched alkanes of at least 4 members (excludes halogenated alkanes) is 1. The molecule has 1 heterocycles. The fourth-order valence-electron chi connectivity index (χ4n) is 4.02. The molecule has 32 heavy (non-hydrogen) atoms. The number of nitrogens with zero attached hydrogens (tertiary/aromatic N) is 1. The molecule has 6 N–H and O–H groups in total. The van der Waals surface area contributed by atoms with Crippen molar-refractivity contribution in [1.29, 1.82) is 0 Å². The van der Waals surface area contributed by atoms with Crippen molar-refractivity contribution in [3.05, 3.63) is 0 Å². The van der Waals surface area contributed by atoms with Crippen molar-refractivity contribution in [3.8, 4) is 0 Å². The Bertz CT molecular complexity index is 630. The second kappa shape index (κ2) is 13.3. The molecule has 3 atom stereocenters. The summed E-state index contributed by atoms with van der Waals surface area (Å²) in [6, 6.07) is -0.730. The van der Waals surface area contributed by atoms with Gasteiger partial charge in [0.15, 0.2) is 0 Å². The minimum absolute atomic E-state index is 0.153. The normalized spacial score (nSPS) is 18.4. The Balaban J connectivity index is 2.92. The van der Waals surface area contributed by atoms with Crippen LogP contribution < -0.4 is 16.4 Å². The van der Waals surface area contributed by atoms with Crippen molar-refractivity contribution < 1.29 is 24.4 Å². The first-order chi connectivity index (χ1) is 14.9. The molecule has 3 amide bonds. The maximum absolute atomic E-state index is 13.4. The van der Waals surface area contributed by atoms with Gasteiger partial charge in [0.25, 0.3) is 0 Å². The molecule has 0 aliphatic carbocycles. The van der Waals surface area contributed by atoms with E-state index in [2.05, 4.69) is 30.3 Å². The number of nitrogens with one attached hydrogen (secondary N) is 2. The highest BCUT2D eigenvalue weighted by molar-refractivity contribution is 6.76. The molecule has 0 bridgehead atoms. The van der Waals surface area contributed by atoms with E-state index in [0.717, 1.165) is 6.42 Å². The van der Waals surface area contributed by atoms with Crippen LogP contribution in [0, 0.1) is 5.92 Å². The zero-order valence-corrected chi connectivity index (χ0v) is 21.4. The van der Waals surface area contributed by atoms with E-state index in [1.54, 1.807) is 4.90 Å². The van der Waals surface area contributed by atoms with Crippen LogP contribution in [0.5, 0.6) is 0 Å². The first-order valence-corrected chi connectivity index (χ1v) is 15.5. The third-order valence-corrected chi connectivity index (χ3v) is 7.17. The Labute approximate surface area is 194 Å². The number of amides is 3. The van der Waals surface area contributed by atoms with Gasteiger partial charge in [0.1, 0.15) is 12.1 Å². The molecule has 0 aromatic heterocycles. The minimum atomic E-state index is -1.69. The molecule has 0 unspecified atom stereocenters. The van der Waals surface area contributed by atoms with Gasteiger partial charge >= 0.3 is 7.12 Å². The van der Waals surface area contributed by atoms with Gasteiger partial charge in [0.2, 0.25) is 17.7 Å². The van der Waals surface area contributed by atoms with E-state index in [1.807, 2.05) is 13.8 Å². The highest BCUT2D eigenvalue weighted by atomic mass is 28.3. The van der Waals surface area contributed by atoms with Crippen molar-refractivity contribution in [2.75, 3.05) is 13.1 Å². The van der Waals surface area contributed by atoms with Crippen LogP contribution in [0.2, 0.25) is 25.7 Å². The van der Waals surface area contributed by atoms with E-state index in [-0.39, 0.29) is 23.6 Å². The van der Waals surface area contributed by atoms with Gasteiger partial charge in [-0.2, -0.15) is 0 Å². The maximum atomic E-state index is 13.4. The average molecular weight is 470 g/mol. The van der Waals surface area contributed by atoms with Crippen LogP contribution in [0.3, 0.4) is 0 Å². The monoisotopic (exact) mass is 470 g/mol. The lowest BCUT2D eigenvalue weighted by atomic mass is 9.76. The molecule has 9 nitrogen and oxygen atoms in total. The summed E-state index contributed by atoms with van der Waals surface area (Å²) in [7, 11) is -3.37. The van der Waals surface area contributed by atoms with Gasteiger partial charge in [-0.1, -0.05) is 39.9 Å². The van der Waals surface area contributed by atoms with E-state index in [4.69, 9.17) is 5.73 Å². The molecule has 1 aliphatic rings. The zero-order valence-electron chi connectivity index (χ0n) is 20.4. The summed E-state index contributed by atoms with van der Waals surface area (Å²) >= 11 is 0. The molecule has 11 heteroatoms. The summed E-state index contributed by atoms with van der Waals surface area (Å²) in [5.41, 5.74) is 5.49. The Kier molecular flexibility index (Phi) is 11.9. The summed E-state index contributed by atoms with van der Waals surface area (Å²) in [5.74, 6) is -1.40. The molecule has 0 spiro atoms. The molecule has 1 saturated heterocycles. The zero-order chi connectivity index (χ0) is 24.5. The molecule has 184 valence electrons. The van der Waals surface area contributed by atoms with Crippen molar-refractivity contribution in [2.24, 2.45) is 11.7 Å². The number of carbonyl (C=O) groups is 3. The van der Waals surface area contributed by atoms with Crippen LogP contribution in [0.1, 0.15) is 52.4 Å². The minimum Gasteiger partial charge on any atom is -0.426 e. The standard InChI is InChI=1S/C21H43BN4O5Si/c1-15(2)13-19(27)24-16(14-32(3,4)5)21(29)26-12-8-9-17(26)20(28)25-18(22(30)31)10-6-7-11-23/h15-18,30-31H,6-14,23H2,1-5H3,(H,24,27)(H,25,28)/t16-,17+,18+/m1/s1. The smallest absolute Gasteiger partial charge is 0.426 e. The molecule has 0 aromatic carbocycles. The summed E-state index contributed by atoms with van der Waals surface area (Å²) in [5, 5.41) is 24.9. The van der Waals surface area contributed by atoms with Crippen LogP contribution >= 0.6 is 0 Å². The second-order valence-electron chi connectivity index (χ2n) is 10.5. The molecule has 0 radical (unpaired) electrons. The molecule has 0 aromatic rings. The van der Waals surface area contributed by atoms with E-state index in [0.29, 0.717) is 51.2 Å². The van der Waals surface area contributed by atoms with Gasteiger partial charge < -0.3 is 31.3 Å². The van der Waals surface area contributed by atoms with Crippen LogP contribution in [-0.2, 0) is 14.4 Å². The van der Waals surface area contributed by atoms with E-state index in [9.17, 15) is 24.4 Å². The number of likely N-dealkylation sites (tertiary alicyclic amines) is 1. The van der Waals surface area contributed by atoms with Crippen molar-refractivity contribution in [2.45, 2.75) is 96.1 Å².